The van der Waals surface area contributed by atoms with E-state index >= 15 is 0 Å². The fourth-order valence-corrected chi connectivity index (χ4v) is 1.30. The minimum Gasteiger partial charge on any atom is -0.506 e. The highest BCUT2D eigenvalue weighted by Crippen LogP contribution is 2.26. The lowest BCUT2D eigenvalue weighted by Crippen LogP contribution is -2.13. The second-order valence-corrected chi connectivity index (χ2v) is 3.33. The summed E-state index contributed by atoms with van der Waals surface area (Å²) < 4.78 is 0. The maximum absolute atomic E-state index is 9.52. The van der Waals surface area contributed by atoms with Gasteiger partial charge in [-0.15, -0.1) is 0 Å². The molecule has 1 rings (SSSR count). The fraction of sp³-hybridized carbons (Fsp3) is 0.400. The van der Waals surface area contributed by atoms with Gasteiger partial charge in [-0.25, -0.2) is 0 Å². The maximum atomic E-state index is 9.52. The molecule has 0 spiro atoms. The SMILES string of the molecule is CCCNCc1cccc(Cl)c1O. The second kappa shape index (κ2) is 5.10. The Morgan fingerprint density at radius 3 is 2.92 bits per heavy atom. The zero-order valence-corrected chi connectivity index (χ0v) is 8.43. The summed E-state index contributed by atoms with van der Waals surface area (Å²) in [6, 6.07) is 5.38. The van der Waals surface area contributed by atoms with E-state index in [0.717, 1.165) is 18.5 Å². The second-order valence-electron chi connectivity index (χ2n) is 2.92. The van der Waals surface area contributed by atoms with E-state index in [1.165, 1.54) is 0 Å². The molecule has 0 aliphatic carbocycles. The van der Waals surface area contributed by atoms with Crippen LogP contribution in [0.4, 0.5) is 0 Å². The number of para-hydroxylation sites is 1. The van der Waals surface area contributed by atoms with Crippen LogP contribution in [0.25, 0.3) is 0 Å². The molecule has 2 N–H and O–H groups in total. The Labute approximate surface area is 83.5 Å². The average Bonchev–Trinajstić information content (AvgIpc) is 2.13. The molecular formula is C10H14ClNO. The Morgan fingerprint density at radius 1 is 1.46 bits per heavy atom. The van der Waals surface area contributed by atoms with Gasteiger partial charge in [-0.05, 0) is 19.0 Å². The van der Waals surface area contributed by atoms with Crippen molar-refractivity contribution in [3.63, 3.8) is 0 Å². The molecule has 0 aliphatic rings. The standard InChI is InChI=1S/C10H14ClNO/c1-2-6-12-7-8-4-3-5-9(11)10(8)13/h3-5,12-13H,2,6-7H2,1H3. The molecule has 0 atom stereocenters. The Morgan fingerprint density at radius 2 is 2.23 bits per heavy atom. The molecule has 0 heterocycles. The van der Waals surface area contributed by atoms with Gasteiger partial charge in [-0.2, -0.15) is 0 Å². The molecule has 0 fully saturated rings. The summed E-state index contributed by atoms with van der Waals surface area (Å²) in [6.07, 6.45) is 1.08. The summed E-state index contributed by atoms with van der Waals surface area (Å²) in [5, 5.41) is 13.1. The molecule has 0 saturated heterocycles. The first-order valence-electron chi connectivity index (χ1n) is 4.42. The van der Waals surface area contributed by atoms with Gasteiger partial charge in [0.05, 0.1) is 5.02 Å². The number of hydrogen-bond acceptors (Lipinski definition) is 2. The van der Waals surface area contributed by atoms with E-state index in [1.54, 1.807) is 6.07 Å². The van der Waals surface area contributed by atoms with Crippen molar-refractivity contribution in [3.8, 4) is 5.75 Å². The van der Waals surface area contributed by atoms with Crippen LogP contribution < -0.4 is 5.32 Å². The summed E-state index contributed by atoms with van der Waals surface area (Å²) in [4.78, 5) is 0. The molecule has 0 amide bonds. The molecule has 3 heteroatoms. The van der Waals surface area contributed by atoms with Crippen LogP contribution in [0, 0.1) is 0 Å². The molecule has 0 radical (unpaired) electrons. The normalized spacial score (nSPS) is 10.3. The largest absolute Gasteiger partial charge is 0.506 e. The van der Waals surface area contributed by atoms with E-state index in [9.17, 15) is 5.11 Å². The first kappa shape index (κ1) is 10.4. The van der Waals surface area contributed by atoms with Crippen molar-refractivity contribution in [2.45, 2.75) is 19.9 Å². The van der Waals surface area contributed by atoms with Crippen molar-refractivity contribution in [2.75, 3.05) is 6.54 Å². The summed E-state index contributed by atoms with van der Waals surface area (Å²) in [6.45, 7) is 3.72. The highest BCUT2D eigenvalue weighted by atomic mass is 35.5. The quantitative estimate of drug-likeness (QED) is 0.731. The van der Waals surface area contributed by atoms with Crippen LogP contribution in [0.2, 0.25) is 5.02 Å². The third-order valence-corrected chi connectivity index (χ3v) is 2.12. The van der Waals surface area contributed by atoms with Crippen LogP contribution in [-0.4, -0.2) is 11.7 Å². The summed E-state index contributed by atoms with van der Waals surface area (Å²) in [7, 11) is 0. The van der Waals surface area contributed by atoms with E-state index in [1.807, 2.05) is 12.1 Å². The Balaban J connectivity index is 2.61. The smallest absolute Gasteiger partial charge is 0.138 e. The molecule has 13 heavy (non-hydrogen) atoms. The number of nitrogens with one attached hydrogen (secondary N) is 1. The molecular weight excluding hydrogens is 186 g/mol. The van der Waals surface area contributed by atoms with Crippen molar-refractivity contribution in [2.24, 2.45) is 0 Å². The lowest BCUT2D eigenvalue weighted by Gasteiger charge is -2.06. The average molecular weight is 200 g/mol. The van der Waals surface area contributed by atoms with Gasteiger partial charge in [-0.1, -0.05) is 30.7 Å². The number of halogens is 1. The molecule has 1 aromatic carbocycles. The zero-order valence-electron chi connectivity index (χ0n) is 7.68. The van der Waals surface area contributed by atoms with Gasteiger partial charge in [0.1, 0.15) is 5.75 Å². The topological polar surface area (TPSA) is 32.3 Å². The molecule has 0 unspecified atom stereocenters. The minimum absolute atomic E-state index is 0.188. The van der Waals surface area contributed by atoms with E-state index < -0.39 is 0 Å². The lowest BCUT2D eigenvalue weighted by atomic mass is 10.2. The van der Waals surface area contributed by atoms with Crippen molar-refractivity contribution >= 4 is 11.6 Å². The van der Waals surface area contributed by atoms with Gasteiger partial charge >= 0.3 is 0 Å². The molecule has 0 aromatic heterocycles. The number of phenolic OH excluding ortho intramolecular Hbond substituents is 1. The van der Waals surface area contributed by atoms with Gasteiger partial charge < -0.3 is 10.4 Å². The van der Waals surface area contributed by atoms with Crippen LogP contribution >= 0.6 is 11.6 Å². The van der Waals surface area contributed by atoms with Crippen LogP contribution in [0.1, 0.15) is 18.9 Å². The van der Waals surface area contributed by atoms with Gasteiger partial charge in [0.15, 0.2) is 0 Å². The summed E-state index contributed by atoms with van der Waals surface area (Å²) >= 11 is 5.75. The van der Waals surface area contributed by atoms with Crippen LogP contribution in [0.3, 0.4) is 0 Å². The molecule has 72 valence electrons. The Bertz CT molecular complexity index is 276. The molecule has 0 bridgehead atoms. The van der Waals surface area contributed by atoms with Gasteiger partial charge in [0.2, 0.25) is 0 Å². The van der Waals surface area contributed by atoms with E-state index in [0.29, 0.717) is 11.6 Å². The van der Waals surface area contributed by atoms with Crippen LogP contribution in [-0.2, 0) is 6.54 Å². The van der Waals surface area contributed by atoms with E-state index in [-0.39, 0.29) is 5.75 Å². The summed E-state index contributed by atoms with van der Waals surface area (Å²) in [5.41, 5.74) is 0.848. The first-order valence-corrected chi connectivity index (χ1v) is 4.80. The highest BCUT2D eigenvalue weighted by molar-refractivity contribution is 6.32. The van der Waals surface area contributed by atoms with Crippen molar-refractivity contribution in [1.82, 2.24) is 5.32 Å². The number of hydrogen-bond donors (Lipinski definition) is 2. The van der Waals surface area contributed by atoms with Crippen LogP contribution in [0.5, 0.6) is 5.75 Å². The molecule has 0 saturated carbocycles. The predicted octanol–water partition coefficient (Wildman–Crippen LogP) is 2.55. The first-order chi connectivity index (χ1) is 6.25. The third kappa shape index (κ3) is 2.90. The number of aromatic hydroxyl groups is 1. The fourth-order valence-electron chi connectivity index (χ4n) is 1.10. The van der Waals surface area contributed by atoms with E-state index in [4.69, 9.17) is 11.6 Å². The van der Waals surface area contributed by atoms with Crippen molar-refractivity contribution in [3.05, 3.63) is 28.8 Å². The van der Waals surface area contributed by atoms with Gasteiger partial charge in [0, 0.05) is 12.1 Å². The number of rotatable bonds is 4. The van der Waals surface area contributed by atoms with Crippen LogP contribution in [0.15, 0.2) is 18.2 Å². The zero-order chi connectivity index (χ0) is 9.68. The number of benzene rings is 1. The molecule has 0 aliphatic heterocycles. The predicted molar refractivity (Wildman–Crippen MR) is 55.1 cm³/mol. The van der Waals surface area contributed by atoms with Crippen molar-refractivity contribution in [1.29, 1.82) is 0 Å². The molecule has 1 aromatic rings. The minimum atomic E-state index is 0.188. The third-order valence-electron chi connectivity index (χ3n) is 1.81. The molecule has 2 nitrogen and oxygen atoms in total. The summed E-state index contributed by atoms with van der Waals surface area (Å²) in [5.74, 6) is 0.188. The van der Waals surface area contributed by atoms with Crippen molar-refractivity contribution < 1.29 is 5.11 Å². The monoisotopic (exact) mass is 199 g/mol. The van der Waals surface area contributed by atoms with E-state index in [2.05, 4.69) is 12.2 Å². The highest BCUT2D eigenvalue weighted by Gasteiger charge is 2.03. The maximum Gasteiger partial charge on any atom is 0.138 e. The van der Waals surface area contributed by atoms with Gasteiger partial charge in [0.25, 0.3) is 0 Å². The lowest BCUT2D eigenvalue weighted by molar-refractivity contribution is 0.465. The Hall–Kier alpha value is -0.730. The Kier molecular flexibility index (Phi) is 4.06. The number of phenols is 1. The van der Waals surface area contributed by atoms with Gasteiger partial charge in [-0.3, -0.25) is 0 Å².